The van der Waals surface area contributed by atoms with Gasteiger partial charge >= 0.3 is 11.9 Å². The van der Waals surface area contributed by atoms with Crippen molar-refractivity contribution in [2.24, 2.45) is 11.8 Å². The number of nitrogens with one attached hydrogen (secondary N) is 1. The van der Waals surface area contributed by atoms with E-state index in [0.717, 1.165) is 5.56 Å². The molecule has 170 valence electrons. The first-order valence-electron chi connectivity index (χ1n) is 10.7. The van der Waals surface area contributed by atoms with Crippen molar-refractivity contribution in [2.45, 2.75) is 52.0 Å². The van der Waals surface area contributed by atoms with Crippen LogP contribution in [0.25, 0.3) is 0 Å². The molecule has 0 saturated heterocycles. The van der Waals surface area contributed by atoms with Crippen molar-refractivity contribution in [3.63, 3.8) is 0 Å². The molecule has 0 fully saturated rings. The molecule has 1 rings (SSSR count). The molecular formula is C25H35NO5. The highest BCUT2D eigenvalue weighted by Crippen LogP contribution is 2.14. The van der Waals surface area contributed by atoms with Crippen LogP contribution >= 0.6 is 0 Å². The van der Waals surface area contributed by atoms with Crippen LogP contribution in [-0.2, 0) is 30.3 Å². The van der Waals surface area contributed by atoms with E-state index in [2.05, 4.69) is 18.5 Å². The van der Waals surface area contributed by atoms with Crippen molar-refractivity contribution in [2.75, 3.05) is 13.2 Å². The first kappa shape index (κ1) is 26.1. The van der Waals surface area contributed by atoms with Crippen LogP contribution < -0.4 is 5.32 Å². The molecule has 1 N–H and O–H groups in total. The van der Waals surface area contributed by atoms with Crippen LogP contribution in [0, 0.1) is 11.8 Å². The summed E-state index contributed by atoms with van der Waals surface area (Å²) in [5.74, 6) is -1.50. The lowest BCUT2D eigenvalue weighted by Gasteiger charge is -2.21. The maximum absolute atomic E-state index is 12.6. The standard InChI is InChI=1S/C25H35NO5/c1-5-7-14-23(27)26-22(15-20-12-9-8-10-13-20)18-31-25(29)21(11-6-2)16-24(28)30-17-19(3)4/h5-6,8-10,12-13,19,21-22H,1-2,7,11,14-18H2,3-4H3,(H,26,27)/t21?,22-/m0/s1. The van der Waals surface area contributed by atoms with Crippen LogP contribution in [0.1, 0.15) is 45.1 Å². The Balaban J connectivity index is 2.71. The van der Waals surface area contributed by atoms with Gasteiger partial charge in [0.05, 0.1) is 25.0 Å². The third-order valence-corrected chi connectivity index (χ3v) is 4.47. The van der Waals surface area contributed by atoms with Crippen molar-refractivity contribution in [3.8, 4) is 0 Å². The van der Waals surface area contributed by atoms with Crippen molar-refractivity contribution < 1.29 is 23.9 Å². The van der Waals surface area contributed by atoms with Gasteiger partial charge in [0.15, 0.2) is 0 Å². The number of carbonyl (C=O) groups is 3. The highest BCUT2D eigenvalue weighted by Gasteiger charge is 2.25. The van der Waals surface area contributed by atoms with E-state index in [1.165, 1.54) is 0 Å². The Kier molecular flexibility index (Phi) is 12.6. The van der Waals surface area contributed by atoms with E-state index in [1.807, 2.05) is 44.2 Å². The second kappa shape index (κ2) is 15.0. The van der Waals surface area contributed by atoms with E-state index in [0.29, 0.717) is 32.3 Å². The maximum atomic E-state index is 12.6. The molecule has 0 saturated carbocycles. The van der Waals surface area contributed by atoms with E-state index >= 15 is 0 Å². The molecule has 6 heteroatoms. The minimum atomic E-state index is -0.661. The minimum absolute atomic E-state index is 0.0161. The molecular weight excluding hydrogens is 394 g/mol. The van der Waals surface area contributed by atoms with Gasteiger partial charge in [-0.25, -0.2) is 0 Å². The molecule has 0 aliphatic rings. The number of carbonyl (C=O) groups excluding carboxylic acids is 3. The Hall–Kier alpha value is -2.89. The average molecular weight is 430 g/mol. The Morgan fingerprint density at radius 1 is 1.03 bits per heavy atom. The summed E-state index contributed by atoms with van der Waals surface area (Å²) in [6, 6.07) is 9.29. The molecule has 0 radical (unpaired) electrons. The Morgan fingerprint density at radius 2 is 1.74 bits per heavy atom. The number of allylic oxidation sites excluding steroid dienone is 2. The van der Waals surface area contributed by atoms with E-state index in [9.17, 15) is 14.4 Å². The number of benzene rings is 1. The summed E-state index contributed by atoms with van der Waals surface area (Å²) in [5, 5.41) is 2.92. The Labute approximate surface area is 185 Å². The fourth-order valence-corrected chi connectivity index (χ4v) is 2.87. The zero-order valence-electron chi connectivity index (χ0n) is 18.7. The van der Waals surface area contributed by atoms with E-state index in [4.69, 9.17) is 9.47 Å². The highest BCUT2D eigenvalue weighted by atomic mass is 16.5. The van der Waals surface area contributed by atoms with Gasteiger partial charge < -0.3 is 14.8 Å². The molecule has 0 heterocycles. The molecule has 31 heavy (non-hydrogen) atoms. The Morgan fingerprint density at radius 3 is 2.35 bits per heavy atom. The summed E-state index contributed by atoms with van der Waals surface area (Å²) in [4.78, 5) is 36.8. The summed E-state index contributed by atoms with van der Waals surface area (Å²) in [5.41, 5.74) is 1.02. The molecule has 1 aromatic carbocycles. The zero-order valence-corrected chi connectivity index (χ0v) is 18.7. The van der Waals surface area contributed by atoms with Crippen LogP contribution in [0.2, 0.25) is 0 Å². The van der Waals surface area contributed by atoms with Gasteiger partial charge in [0.1, 0.15) is 6.61 Å². The fourth-order valence-electron chi connectivity index (χ4n) is 2.87. The molecule has 0 spiro atoms. The van der Waals surface area contributed by atoms with Crippen LogP contribution in [0.15, 0.2) is 55.6 Å². The van der Waals surface area contributed by atoms with Gasteiger partial charge in [-0.2, -0.15) is 0 Å². The third-order valence-electron chi connectivity index (χ3n) is 4.47. The van der Waals surface area contributed by atoms with Gasteiger partial charge in [-0.15, -0.1) is 13.2 Å². The summed E-state index contributed by atoms with van der Waals surface area (Å²) < 4.78 is 10.7. The van der Waals surface area contributed by atoms with Crippen LogP contribution in [0.5, 0.6) is 0 Å². The lowest BCUT2D eigenvalue weighted by atomic mass is 10.0. The largest absolute Gasteiger partial charge is 0.465 e. The smallest absolute Gasteiger partial charge is 0.309 e. The quantitative estimate of drug-likeness (QED) is 0.337. The number of rotatable bonds is 15. The van der Waals surface area contributed by atoms with Crippen molar-refractivity contribution in [1.82, 2.24) is 5.32 Å². The topological polar surface area (TPSA) is 81.7 Å². The number of hydrogen-bond donors (Lipinski definition) is 1. The first-order valence-corrected chi connectivity index (χ1v) is 10.7. The van der Waals surface area contributed by atoms with Gasteiger partial charge in [-0.1, -0.05) is 56.3 Å². The van der Waals surface area contributed by atoms with Crippen LogP contribution in [-0.4, -0.2) is 37.1 Å². The molecule has 1 aromatic rings. The van der Waals surface area contributed by atoms with Gasteiger partial charge in [0, 0.05) is 6.42 Å². The minimum Gasteiger partial charge on any atom is -0.465 e. The van der Waals surface area contributed by atoms with Crippen molar-refractivity contribution in [1.29, 1.82) is 0 Å². The molecule has 0 bridgehead atoms. The van der Waals surface area contributed by atoms with Gasteiger partial charge in [-0.3, -0.25) is 14.4 Å². The monoisotopic (exact) mass is 429 g/mol. The Bertz CT molecular complexity index is 714. The number of amides is 1. The maximum Gasteiger partial charge on any atom is 0.309 e. The third kappa shape index (κ3) is 11.8. The normalized spacial score (nSPS) is 12.5. The second-order valence-corrected chi connectivity index (χ2v) is 7.91. The lowest BCUT2D eigenvalue weighted by molar-refractivity contribution is -0.156. The van der Waals surface area contributed by atoms with Crippen LogP contribution in [0.3, 0.4) is 0 Å². The first-order chi connectivity index (χ1) is 14.8. The number of hydrogen-bond acceptors (Lipinski definition) is 5. The SMILES string of the molecule is C=CCCC(=O)N[C@H](COC(=O)C(CC=C)CC(=O)OCC(C)C)Cc1ccccc1. The molecule has 0 aliphatic carbocycles. The summed E-state index contributed by atoms with van der Waals surface area (Å²) >= 11 is 0. The van der Waals surface area contributed by atoms with E-state index < -0.39 is 17.9 Å². The molecule has 0 aliphatic heterocycles. The average Bonchev–Trinajstić information content (AvgIpc) is 2.74. The van der Waals surface area contributed by atoms with Gasteiger partial charge in [0.2, 0.25) is 5.91 Å². The number of esters is 2. The van der Waals surface area contributed by atoms with E-state index in [1.54, 1.807) is 12.2 Å². The van der Waals surface area contributed by atoms with Gasteiger partial charge in [-0.05, 0) is 30.7 Å². The predicted molar refractivity (Wildman–Crippen MR) is 121 cm³/mol. The lowest BCUT2D eigenvalue weighted by Crippen LogP contribution is -2.40. The number of ether oxygens (including phenoxy) is 2. The second-order valence-electron chi connectivity index (χ2n) is 7.91. The molecule has 6 nitrogen and oxygen atoms in total. The zero-order chi connectivity index (χ0) is 23.1. The molecule has 1 amide bonds. The van der Waals surface area contributed by atoms with Crippen LogP contribution in [0.4, 0.5) is 0 Å². The predicted octanol–water partition coefficient (Wildman–Crippen LogP) is 4.00. The molecule has 1 unspecified atom stereocenters. The van der Waals surface area contributed by atoms with E-state index in [-0.39, 0.29) is 30.9 Å². The summed E-state index contributed by atoms with van der Waals surface area (Å²) in [6.07, 6.45) is 4.94. The fraction of sp³-hybridized carbons (Fsp3) is 0.480. The highest BCUT2D eigenvalue weighted by molar-refractivity contribution is 5.80. The molecule has 2 atom stereocenters. The summed E-state index contributed by atoms with van der Waals surface area (Å²) in [6.45, 7) is 11.5. The van der Waals surface area contributed by atoms with Crippen molar-refractivity contribution >= 4 is 17.8 Å². The molecule has 0 aromatic heterocycles. The summed E-state index contributed by atoms with van der Waals surface area (Å²) in [7, 11) is 0. The van der Waals surface area contributed by atoms with Gasteiger partial charge in [0.25, 0.3) is 0 Å². The van der Waals surface area contributed by atoms with Crippen molar-refractivity contribution in [3.05, 3.63) is 61.2 Å².